The number of aromatic nitrogens is 2. The molecule has 1 N–H and O–H groups in total. The summed E-state index contributed by atoms with van der Waals surface area (Å²) in [5, 5.41) is 2.76. The minimum atomic E-state index is -0.211. The molecule has 5 nitrogen and oxygen atoms in total. The van der Waals surface area contributed by atoms with Crippen molar-refractivity contribution >= 4 is 17.4 Å². The molecule has 1 aromatic carbocycles. The maximum Gasteiger partial charge on any atom is 0.270 e. The third-order valence-electron chi connectivity index (χ3n) is 3.92. The van der Waals surface area contributed by atoms with E-state index in [-0.39, 0.29) is 5.91 Å². The monoisotopic (exact) mass is 308 g/mol. The molecule has 1 aliphatic heterocycles. The molecule has 0 saturated carbocycles. The Hall–Kier alpha value is -2.69. The zero-order valence-corrected chi connectivity index (χ0v) is 13.4. The smallest absolute Gasteiger partial charge is 0.270 e. The number of carbonyl (C=O) groups is 1. The van der Waals surface area contributed by atoms with Crippen molar-refractivity contribution in [2.75, 3.05) is 11.4 Å². The molecule has 0 bridgehead atoms. The lowest BCUT2D eigenvalue weighted by Crippen LogP contribution is -2.28. The molecular formula is C18H20N4O. The van der Waals surface area contributed by atoms with Crippen LogP contribution in [-0.2, 0) is 6.42 Å². The van der Waals surface area contributed by atoms with Gasteiger partial charge in [0, 0.05) is 24.3 Å². The van der Waals surface area contributed by atoms with Crippen LogP contribution in [0.1, 0.15) is 28.8 Å². The fraction of sp³-hybridized carbons (Fsp3) is 0.278. The van der Waals surface area contributed by atoms with Crippen LogP contribution < -0.4 is 10.2 Å². The third kappa shape index (κ3) is 2.95. The van der Waals surface area contributed by atoms with Crippen molar-refractivity contribution in [1.29, 1.82) is 0 Å². The summed E-state index contributed by atoms with van der Waals surface area (Å²) < 4.78 is 0. The van der Waals surface area contributed by atoms with Crippen LogP contribution in [-0.4, -0.2) is 28.5 Å². The van der Waals surface area contributed by atoms with Gasteiger partial charge >= 0.3 is 0 Å². The second-order valence-corrected chi connectivity index (χ2v) is 5.71. The van der Waals surface area contributed by atoms with Gasteiger partial charge in [0.15, 0.2) is 0 Å². The largest absolute Gasteiger partial charge is 0.347 e. The van der Waals surface area contributed by atoms with Gasteiger partial charge in [-0.1, -0.05) is 24.3 Å². The van der Waals surface area contributed by atoms with Crippen molar-refractivity contribution in [3.63, 3.8) is 0 Å². The fourth-order valence-electron chi connectivity index (χ4n) is 2.96. The summed E-state index contributed by atoms with van der Waals surface area (Å²) >= 11 is 0. The number of carbonyl (C=O) groups excluding carboxylic acids is 1. The lowest BCUT2D eigenvalue weighted by atomic mass is 10.1. The van der Waals surface area contributed by atoms with Crippen molar-refractivity contribution in [3.05, 3.63) is 60.1 Å². The number of hydrogen-bond donors (Lipinski definition) is 1. The van der Waals surface area contributed by atoms with E-state index in [0.29, 0.717) is 24.1 Å². The number of nitrogens with one attached hydrogen (secondary N) is 1. The number of fused-ring (bicyclic) bond motifs is 1. The molecule has 118 valence electrons. The van der Waals surface area contributed by atoms with Gasteiger partial charge in [0.1, 0.15) is 17.3 Å². The lowest BCUT2D eigenvalue weighted by Gasteiger charge is -2.24. The molecular weight excluding hydrogens is 288 g/mol. The van der Waals surface area contributed by atoms with Crippen molar-refractivity contribution in [1.82, 2.24) is 15.3 Å². The van der Waals surface area contributed by atoms with Crippen molar-refractivity contribution < 1.29 is 4.79 Å². The Balaban J connectivity index is 1.99. The summed E-state index contributed by atoms with van der Waals surface area (Å²) in [6.45, 7) is 7.99. The number of aryl methyl sites for hydroxylation is 1. The van der Waals surface area contributed by atoms with E-state index in [2.05, 4.69) is 51.9 Å². The SMILES string of the molecule is C=CCNC(=O)c1cc(N2c3ccccc3CC2C)nc(C)n1. The highest BCUT2D eigenvalue weighted by Crippen LogP contribution is 2.37. The molecule has 0 aliphatic carbocycles. The van der Waals surface area contributed by atoms with Crippen LogP contribution in [0.3, 0.4) is 0 Å². The summed E-state index contributed by atoms with van der Waals surface area (Å²) in [5.41, 5.74) is 2.83. The first-order chi connectivity index (χ1) is 11.1. The average molecular weight is 308 g/mol. The molecule has 0 fully saturated rings. The molecule has 1 atom stereocenters. The molecule has 1 unspecified atom stereocenters. The van der Waals surface area contributed by atoms with Gasteiger partial charge in [-0.25, -0.2) is 9.97 Å². The maximum atomic E-state index is 12.2. The number of amides is 1. The molecule has 0 radical (unpaired) electrons. The fourth-order valence-corrected chi connectivity index (χ4v) is 2.96. The first-order valence-electron chi connectivity index (χ1n) is 7.72. The van der Waals surface area contributed by atoms with Gasteiger partial charge in [0.05, 0.1) is 0 Å². The van der Waals surface area contributed by atoms with E-state index < -0.39 is 0 Å². The van der Waals surface area contributed by atoms with Crippen LogP contribution in [0.15, 0.2) is 43.0 Å². The molecule has 2 aromatic rings. The van der Waals surface area contributed by atoms with Crippen LogP contribution in [0, 0.1) is 6.92 Å². The molecule has 0 spiro atoms. The topological polar surface area (TPSA) is 58.1 Å². The van der Waals surface area contributed by atoms with Crippen molar-refractivity contribution in [2.24, 2.45) is 0 Å². The van der Waals surface area contributed by atoms with Crippen LogP contribution in [0.2, 0.25) is 0 Å². The summed E-state index contributed by atoms with van der Waals surface area (Å²) in [6.07, 6.45) is 2.61. The van der Waals surface area contributed by atoms with Gasteiger partial charge in [-0.05, 0) is 31.9 Å². The second-order valence-electron chi connectivity index (χ2n) is 5.71. The van der Waals surface area contributed by atoms with Gasteiger partial charge in [-0.2, -0.15) is 0 Å². The highest BCUT2D eigenvalue weighted by molar-refractivity contribution is 5.93. The summed E-state index contributed by atoms with van der Waals surface area (Å²) in [7, 11) is 0. The zero-order chi connectivity index (χ0) is 16.4. The van der Waals surface area contributed by atoms with Gasteiger partial charge in [0.25, 0.3) is 5.91 Å². The predicted octanol–water partition coefficient (Wildman–Crippen LogP) is 2.78. The number of anilines is 2. The van der Waals surface area contributed by atoms with E-state index in [1.165, 1.54) is 5.56 Å². The third-order valence-corrected chi connectivity index (χ3v) is 3.92. The second kappa shape index (κ2) is 6.20. The van der Waals surface area contributed by atoms with E-state index in [0.717, 1.165) is 17.9 Å². The first kappa shape index (κ1) is 15.2. The van der Waals surface area contributed by atoms with Crippen LogP contribution >= 0.6 is 0 Å². The Morgan fingerprint density at radius 3 is 3.00 bits per heavy atom. The molecule has 5 heteroatoms. The normalized spacial score (nSPS) is 16.1. The van der Waals surface area contributed by atoms with E-state index in [4.69, 9.17) is 0 Å². The summed E-state index contributed by atoms with van der Waals surface area (Å²) in [4.78, 5) is 23.2. The number of nitrogens with zero attached hydrogens (tertiary/aromatic N) is 3. The molecule has 3 rings (SSSR count). The first-order valence-corrected chi connectivity index (χ1v) is 7.72. The van der Waals surface area contributed by atoms with Crippen LogP contribution in [0.25, 0.3) is 0 Å². The molecule has 0 saturated heterocycles. The van der Waals surface area contributed by atoms with E-state index in [9.17, 15) is 4.79 Å². The number of hydrogen-bond acceptors (Lipinski definition) is 4. The van der Waals surface area contributed by atoms with Gasteiger partial charge in [0.2, 0.25) is 0 Å². The summed E-state index contributed by atoms with van der Waals surface area (Å²) in [6, 6.07) is 10.4. The zero-order valence-electron chi connectivity index (χ0n) is 13.4. The Labute approximate surface area is 136 Å². The van der Waals surface area contributed by atoms with E-state index >= 15 is 0 Å². The highest BCUT2D eigenvalue weighted by atomic mass is 16.1. The minimum Gasteiger partial charge on any atom is -0.347 e. The Kier molecular flexibility index (Phi) is 4.10. The summed E-state index contributed by atoms with van der Waals surface area (Å²) in [5.74, 6) is 1.14. The Bertz CT molecular complexity index is 756. The maximum absolute atomic E-state index is 12.2. The van der Waals surface area contributed by atoms with Crippen LogP contribution in [0.4, 0.5) is 11.5 Å². The van der Waals surface area contributed by atoms with Gasteiger partial charge in [-0.15, -0.1) is 6.58 Å². The Morgan fingerprint density at radius 2 is 2.22 bits per heavy atom. The predicted molar refractivity (Wildman–Crippen MR) is 91.0 cm³/mol. The molecule has 2 heterocycles. The lowest BCUT2D eigenvalue weighted by molar-refractivity contribution is 0.0952. The Morgan fingerprint density at radius 1 is 1.43 bits per heavy atom. The number of rotatable bonds is 4. The van der Waals surface area contributed by atoms with E-state index in [1.807, 2.05) is 6.07 Å². The molecule has 1 aliphatic rings. The van der Waals surface area contributed by atoms with Gasteiger partial charge < -0.3 is 10.2 Å². The molecule has 23 heavy (non-hydrogen) atoms. The molecule has 1 amide bonds. The van der Waals surface area contributed by atoms with Crippen molar-refractivity contribution in [2.45, 2.75) is 26.3 Å². The van der Waals surface area contributed by atoms with E-state index in [1.54, 1.807) is 19.1 Å². The average Bonchev–Trinajstić information content (AvgIpc) is 2.87. The number of para-hydroxylation sites is 1. The highest BCUT2D eigenvalue weighted by Gasteiger charge is 2.28. The quantitative estimate of drug-likeness (QED) is 0.882. The van der Waals surface area contributed by atoms with Crippen LogP contribution in [0.5, 0.6) is 0 Å². The minimum absolute atomic E-state index is 0.211. The standard InChI is InChI=1S/C18H20N4O/c1-4-9-19-18(23)15-11-17(21-13(3)20-15)22-12(2)10-14-7-5-6-8-16(14)22/h4-8,11-12H,1,9-10H2,2-3H3,(H,19,23). The van der Waals surface area contributed by atoms with Crippen molar-refractivity contribution in [3.8, 4) is 0 Å². The molecule has 1 aromatic heterocycles. The number of benzene rings is 1. The van der Waals surface area contributed by atoms with Gasteiger partial charge in [-0.3, -0.25) is 4.79 Å².